The molecule has 2 heterocycles. The Balaban J connectivity index is 2.06. The van der Waals surface area contributed by atoms with Gasteiger partial charge in [0.1, 0.15) is 0 Å². The predicted octanol–water partition coefficient (Wildman–Crippen LogP) is 2.22. The van der Waals surface area contributed by atoms with Gasteiger partial charge in [0.05, 0.1) is 18.8 Å². The van der Waals surface area contributed by atoms with E-state index in [4.69, 9.17) is 9.47 Å². The van der Waals surface area contributed by atoms with Crippen molar-refractivity contribution in [3.05, 3.63) is 10.6 Å². The van der Waals surface area contributed by atoms with Gasteiger partial charge >= 0.3 is 5.97 Å². The number of aromatic nitrogens is 1. The van der Waals surface area contributed by atoms with Crippen LogP contribution < -0.4 is 5.32 Å². The van der Waals surface area contributed by atoms with E-state index in [9.17, 15) is 4.79 Å². The van der Waals surface area contributed by atoms with Gasteiger partial charge in [-0.3, -0.25) is 0 Å². The van der Waals surface area contributed by atoms with Crippen molar-refractivity contribution >= 4 is 22.4 Å². The van der Waals surface area contributed by atoms with Gasteiger partial charge in [0.2, 0.25) is 0 Å². The number of esters is 1. The number of anilines is 1. The van der Waals surface area contributed by atoms with E-state index in [-0.39, 0.29) is 18.1 Å². The van der Waals surface area contributed by atoms with Gasteiger partial charge in [-0.2, -0.15) is 0 Å². The molecule has 0 aromatic carbocycles. The maximum Gasteiger partial charge on any atom is 0.358 e. The minimum atomic E-state index is -0.352. The van der Waals surface area contributed by atoms with Gasteiger partial charge in [0, 0.05) is 11.5 Å². The highest BCUT2D eigenvalue weighted by molar-refractivity contribution is 7.15. The molecule has 6 heteroatoms. The first-order valence-corrected chi connectivity index (χ1v) is 6.96. The summed E-state index contributed by atoms with van der Waals surface area (Å²) in [6.45, 7) is 6.84. The molecule has 0 amide bonds. The second kappa shape index (κ2) is 5.67. The topological polar surface area (TPSA) is 60.5 Å². The molecule has 2 unspecified atom stereocenters. The van der Waals surface area contributed by atoms with E-state index in [1.54, 1.807) is 6.92 Å². The monoisotopic (exact) mass is 270 g/mol. The van der Waals surface area contributed by atoms with Crippen LogP contribution in [0.4, 0.5) is 5.13 Å². The highest BCUT2D eigenvalue weighted by Crippen LogP contribution is 2.26. The minimum absolute atomic E-state index is 0.181. The Kier molecular flexibility index (Phi) is 4.19. The molecule has 1 N–H and O–H groups in total. The van der Waals surface area contributed by atoms with Crippen molar-refractivity contribution in [1.29, 1.82) is 0 Å². The molecule has 2 rings (SSSR count). The molecule has 1 aromatic rings. The fourth-order valence-electron chi connectivity index (χ4n) is 1.93. The van der Waals surface area contributed by atoms with Gasteiger partial charge in [-0.05, 0) is 27.2 Å². The van der Waals surface area contributed by atoms with E-state index < -0.39 is 0 Å². The van der Waals surface area contributed by atoms with Gasteiger partial charge in [-0.25, -0.2) is 9.78 Å². The van der Waals surface area contributed by atoms with E-state index >= 15 is 0 Å². The van der Waals surface area contributed by atoms with Crippen LogP contribution in [0.1, 0.15) is 35.6 Å². The Morgan fingerprint density at radius 3 is 3.06 bits per heavy atom. The number of carbonyl (C=O) groups excluding carboxylic acids is 1. The summed E-state index contributed by atoms with van der Waals surface area (Å²) in [4.78, 5) is 16.8. The van der Waals surface area contributed by atoms with Crippen LogP contribution in [0, 0.1) is 6.92 Å². The van der Waals surface area contributed by atoms with Crippen LogP contribution in [0.5, 0.6) is 0 Å². The molecule has 1 aliphatic rings. The average molecular weight is 270 g/mol. The molecule has 2 atom stereocenters. The third-order valence-corrected chi connectivity index (χ3v) is 3.85. The van der Waals surface area contributed by atoms with Crippen LogP contribution in [0.25, 0.3) is 0 Å². The second-order valence-corrected chi connectivity index (χ2v) is 5.46. The molecule has 0 radical (unpaired) electrons. The average Bonchev–Trinajstić information content (AvgIpc) is 2.87. The van der Waals surface area contributed by atoms with Gasteiger partial charge in [0.15, 0.2) is 10.8 Å². The number of hydrogen-bond acceptors (Lipinski definition) is 6. The van der Waals surface area contributed by atoms with Gasteiger partial charge < -0.3 is 14.8 Å². The van der Waals surface area contributed by atoms with Crippen LogP contribution >= 0.6 is 11.3 Å². The Bertz CT molecular complexity index is 433. The van der Waals surface area contributed by atoms with E-state index in [0.717, 1.165) is 23.0 Å². The fraction of sp³-hybridized carbons (Fsp3) is 0.667. The van der Waals surface area contributed by atoms with Crippen LogP contribution in [-0.4, -0.2) is 36.3 Å². The minimum Gasteiger partial charge on any atom is -0.461 e. The Labute approximate surface area is 111 Å². The molecular weight excluding hydrogens is 252 g/mol. The number of rotatable bonds is 4. The molecular formula is C12H18N2O3S. The Hall–Kier alpha value is -1.14. The molecule has 18 heavy (non-hydrogen) atoms. The number of ether oxygens (including phenoxy) is 2. The number of hydrogen-bond donors (Lipinski definition) is 1. The molecule has 1 aliphatic heterocycles. The normalized spacial score (nSPS) is 23.1. The number of aryl methyl sites for hydroxylation is 1. The lowest BCUT2D eigenvalue weighted by Crippen LogP contribution is -2.26. The van der Waals surface area contributed by atoms with Crippen molar-refractivity contribution in [3.8, 4) is 0 Å². The summed E-state index contributed by atoms with van der Waals surface area (Å²) in [6, 6.07) is 0.269. The number of carbonyl (C=O) groups is 1. The van der Waals surface area contributed by atoms with Gasteiger partial charge in [0.25, 0.3) is 0 Å². The standard InChI is InChI=1S/C12H18N2O3S/c1-4-16-11(15)10-8(3)18-12(14-10)13-9-5-6-17-7(9)2/h7,9H,4-6H2,1-3H3,(H,13,14). The van der Waals surface area contributed by atoms with Gasteiger partial charge in [-0.1, -0.05) is 0 Å². The second-order valence-electron chi connectivity index (χ2n) is 4.26. The summed E-state index contributed by atoms with van der Waals surface area (Å²) in [5.74, 6) is -0.352. The molecule has 0 spiro atoms. The Morgan fingerprint density at radius 2 is 2.44 bits per heavy atom. The summed E-state index contributed by atoms with van der Waals surface area (Å²) >= 11 is 1.48. The maximum atomic E-state index is 11.6. The third-order valence-electron chi connectivity index (χ3n) is 2.95. The highest BCUT2D eigenvalue weighted by Gasteiger charge is 2.26. The van der Waals surface area contributed by atoms with Crippen molar-refractivity contribution in [2.24, 2.45) is 0 Å². The first-order chi connectivity index (χ1) is 8.61. The highest BCUT2D eigenvalue weighted by atomic mass is 32.1. The van der Waals surface area contributed by atoms with E-state index in [2.05, 4.69) is 10.3 Å². The van der Waals surface area contributed by atoms with Crippen LogP contribution in [-0.2, 0) is 9.47 Å². The first kappa shape index (κ1) is 13.3. The molecule has 1 saturated heterocycles. The van der Waals surface area contributed by atoms with Crippen LogP contribution in [0.3, 0.4) is 0 Å². The molecule has 1 fully saturated rings. The van der Waals surface area contributed by atoms with Crippen molar-refractivity contribution in [2.45, 2.75) is 39.3 Å². The summed E-state index contributed by atoms with van der Waals surface area (Å²) in [5.41, 5.74) is 0.413. The van der Waals surface area contributed by atoms with E-state index in [1.165, 1.54) is 11.3 Å². The van der Waals surface area contributed by atoms with E-state index in [1.807, 2.05) is 13.8 Å². The van der Waals surface area contributed by atoms with E-state index in [0.29, 0.717) is 12.3 Å². The SMILES string of the molecule is CCOC(=O)c1nc(NC2CCOC2C)sc1C. The zero-order chi connectivity index (χ0) is 13.1. The van der Waals surface area contributed by atoms with Crippen molar-refractivity contribution in [3.63, 3.8) is 0 Å². The van der Waals surface area contributed by atoms with Crippen LogP contribution in [0.2, 0.25) is 0 Å². The lowest BCUT2D eigenvalue weighted by Gasteiger charge is -2.14. The molecule has 0 aliphatic carbocycles. The fourth-order valence-corrected chi connectivity index (χ4v) is 2.79. The first-order valence-electron chi connectivity index (χ1n) is 6.14. The molecule has 0 saturated carbocycles. The number of nitrogens with zero attached hydrogens (tertiary/aromatic N) is 1. The van der Waals surface area contributed by atoms with Crippen LogP contribution in [0.15, 0.2) is 0 Å². The van der Waals surface area contributed by atoms with Crippen molar-refractivity contribution in [1.82, 2.24) is 4.98 Å². The Morgan fingerprint density at radius 1 is 1.67 bits per heavy atom. The lowest BCUT2D eigenvalue weighted by atomic mass is 10.2. The maximum absolute atomic E-state index is 11.6. The number of thiazole rings is 1. The predicted molar refractivity (Wildman–Crippen MR) is 70.2 cm³/mol. The third kappa shape index (κ3) is 2.81. The molecule has 100 valence electrons. The smallest absolute Gasteiger partial charge is 0.358 e. The summed E-state index contributed by atoms with van der Waals surface area (Å²) in [5, 5.41) is 4.09. The van der Waals surface area contributed by atoms with Crippen molar-refractivity contribution in [2.75, 3.05) is 18.5 Å². The summed E-state index contributed by atoms with van der Waals surface area (Å²) < 4.78 is 10.4. The number of nitrogens with one attached hydrogen (secondary N) is 1. The molecule has 1 aromatic heterocycles. The van der Waals surface area contributed by atoms with Crippen molar-refractivity contribution < 1.29 is 14.3 Å². The quantitative estimate of drug-likeness (QED) is 0.850. The zero-order valence-corrected chi connectivity index (χ0v) is 11.7. The largest absolute Gasteiger partial charge is 0.461 e. The zero-order valence-electron chi connectivity index (χ0n) is 10.9. The molecule has 5 nitrogen and oxygen atoms in total. The molecule has 0 bridgehead atoms. The summed E-state index contributed by atoms with van der Waals surface area (Å²) in [6.07, 6.45) is 1.15. The van der Waals surface area contributed by atoms with Gasteiger partial charge in [-0.15, -0.1) is 11.3 Å². The lowest BCUT2D eigenvalue weighted by molar-refractivity contribution is 0.0519. The summed E-state index contributed by atoms with van der Waals surface area (Å²) in [7, 11) is 0.